The summed E-state index contributed by atoms with van der Waals surface area (Å²) in [6.07, 6.45) is 1.74. The van der Waals surface area contributed by atoms with E-state index in [4.69, 9.17) is 4.74 Å². The standard InChI is InChI=1S/C9H20NO/c1-8-5-9(7-11-8)6-10(2,3)4/h8-9H,5-7H2,1-4H3/q+1. The quantitative estimate of drug-likeness (QED) is 0.547. The second kappa shape index (κ2) is 3.11. The van der Waals surface area contributed by atoms with Crippen LogP contribution in [0.15, 0.2) is 0 Å². The Morgan fingerprint density at radius 2 is 2.00 bits per heavy atom. The Morgan fingerprint density at radius 3 is 2.36 bits per heavy atom. The molecule has 0 amide bonds. The average Bonchev–Trinajstić information content (AvgIpc) is 2.10. The van der Waals surface area contributed by atoms with Crippen LogP contribution in [-0.2, 0) is 4.74 Å². The molecule has 0 bridgehead atoms. The fraction of sp³-hybridized carbons (Fsp3) is 1.00. The van der Waals surface area contributed by atoms with Gasteiger partial charge in [-0.2, -0.15) is 0 Å². The van der Waals surface area contributed by atoms with Crippen molar-refractivity contribution in [1.82, 2.24) is 0 Å². The minimum absolute atomic E-state index is 0.492. The summed E-state index contributed by atoms with van der Waals surface area (Å²) in [5.41, 5.74) is 0. The lowest BCUT2D eigenvalue weighted by molar-refractivity contribution is -0.873. The number of ether oxygens (including phenoxy) is 1. The molecule has 0 aromatic heterocycles. The molecule has 2 unspecified atom stereocenters. The average molecular weight is 158 g/mol. The van der Waals surface area contributed by atoms with Gasteiger partial charge in [-0.15, -0.1) is 0 Å². The first-order valence-corrected chi connectivity index (χ1v) is 4.39. The molecule has 0 aromatic carbocycles. The first-order valence-electron chi connectivity index (χ1n) is 4.39. The Balaban J connectivity index is 2.29. The van der Waals surface area contributed by atoms with E-state index in [0.29, 0.717) is 6.10 Å². The van der Waals surface area contributed by atoms with E-state index in [1.165, 1.54) is 13.0 Å². The zero-order valence-corrected chi connectivity index (χ0v) is 8.13. The Kier molecular flexibility index (Phi) is 2.55. The van der Waals surface area contributed by atoms with E-state index < -0.39 is 0 Å². The summed E-state index contributed by atoms with van der Waals surface area (Å²) in [4.78, 5) is 0. The molecule has 1 aliphatic heterocycles. The predicted octanol–water partition coefficient (Wildman–Crippen LogP) is 1.12. The molecular formula is C9H20NO+. The molecule has 1 heterocycles. The fourth-order valence-electron chi connectivity index (χ4n) is 1.81. The summed E-state index contributed by atoms with van der Waals surface area (Å²) in [6, 6.07) is 0. The maximum absolute atomic E-state index is 5.50. The molecule has 1 saturated heterocycles. The Morgan fingerprint density at radius 1 is 1.36 bits per heavy atom. The first-order chi connectivity index (χ1) is 4.97. The number of nitrogens with zero attached hydrogens (tertiary/aromatic N) is 1. The molecule has 2 nitrogen and oxygen atoms in total. The van der Waals surface area contributed by atoms with Gasteiger partial charge in [0.1, 0.15) is 0 Å². The Hall–Kier alpha value is -0.0800. The van der Waals surface area contributed by atoms with Gasteiger partial charge in [-0.3, -0.25) is 0 Å². The van der Waals surface area contributed by atoms with Gasteiger partial charge >= 0.3 is 0 Å². The molecule has 2 atom stereocenters. The molecule has 1 fully saturated rings. The highest BCUT2D eigenvalue weighted by Gasteiger charge is 2.26. The molecule has 11 heavy (non-hydrogen) atoms. The van der Waals surface area contributed by atoms with E-state index in [-0.39, 0.29) is 0 Å². The van der Waals surface area contributed by atoms with Crippen LogP contribution in [0.2, 0.25) is 0 Å². The molecule has 1 aliphatic rings. The van der Waals surface area contributed by atoms with Crippen LogP contribution in [-0.4, -0.2) is 44.9 Å². The maximum Gasteiger partial charge on any atom is 0.0832 e. The highest BCUT2D eigenvalue weighted by Crippen LogP contribution is 2.20. The maximum atomic E-state index is 5.50. The topological polar surface area (TPSA) is 9.23 Å². The predicted molar refractivity (Wildman–Crippen MR) is 46.4 cm³/mol. The first kappa shape index (κ1) is 9.01. The summed E-state index contributed by atoms with van der Waals surface area (Å²) in [6.45, 7) is 4.37. The smallest absolute Gasteiger partial charge is 0.0832 e. The van der Waals surface area contributed by atoms with Crippen molar-refractivity contribution in [1.29, 1.82) is 0 Å². The minimum Gasteiger partial charge on any atom is -0.378 e. The van der Waals surface area contributed by atoms with Crippen LogP contribution < -0.4 is 0 Å². The van der Waals surface area contributed by atoms with Gasteiger partial charge in [0, 0.05) is 5.92 Å². The van der Waals surface area contributed by atoms with Crippen LogP contribution in [0.3, 0.4) is 0 Å². The number of quaternary nitrogens is 1. The van der Waals surface area contributed by atoms with Gasteiger partial charge in [0.2, 0.25) is 0 Å². The lowest BCUT2D eigenvalue weighted by Crippen LogP contribution is -2.39. The van der Waals surface area contributed by atoms with Gasteiger partial charge < -0.3 is 9.22 Å². The van der Waals surface area contributed by atoms with Gasteiger partial charge in [0.15, 0.2) is 0 Å². The Labute approximate surface area is 69.7 Å². The van der Waals surface area contributed by atoms with Gasteiger partial charge in [-0.1, -0.05) is 0 Å². The second-order valence-electron chi connectivity index (χ2n) is 4.72. The third-order valence-electron chi connectivity index (χ3n) is 2.09. The molecule has 0 aliphatic carbocycles. The van der Waals surface area contributed by atoms with Crippen molar-refractivity contribution in [3.05, 3.63) is 0 Å². The monoisotopic (exact) mass is 158 g/mol. The van der Waals surface area contributed by atoms with E-state index in [1.807, 2.05) is 0 Å². The zero-order valence-electron chi connectivity index (χ0n) is 8.13. The minimum atomic E-state index is 0.492. The SMILES string of the molecule is CC1CC(C[N+](C)(C)C)CO1. The van der Waals surface area contributed by atoms with Crippen molar-refractivity contribution >= 4 is 0 Å². The van der Waals surface area contributed by atoms with E-state index in [1.54, 1.807) is 0 Å². The number of rotatable bonds is 2. The third-order valence-corrected chi connectivity index (χ3v) is 2.09. The van der Waals surface area contributed by atoms with Crippen LogP contribution in [0.1, 0.15) is 13.3 Å². The summed E-state index contributed by atoms with van der Waals surface area (Å²) >= 11 is 0. The lowest BCUT2D eigenvalue weighted by Gasteiger charge is -2.26. The number of hydrogen-bond donors (Lipinski definition) is 0. The molecule has 1 rings (SSSR count). The normalized spacial score (nSPS) is 32.7. The highest BCUT2D eigenvalue weighted by atomic mass is 16.5. The van der Waals surface area contributed by atoms with E-state index in [9.17, 15) is 0 Å². The summed E-state index contributed by atoms with van der Waals surface area (Å²) < 4.78 is 6.56. The second-order valence-corrected chi connectivity index (χ2v) is 4.72. The van der Waals surface area contributed by atoms with Crippen LogP contribution >= 0.6 is 0 Å². The summed E-state index contributed by atoms with van der Waals surface area (Å²) in [7, 11) is 6.72. The number of hydrogen-bond acceptors (Lipinski definition) is 1. The van der Waals surface area contributed by atoms with Crippen LogP contribution in [0, 0.1) is 5.92 Å². The van der Waals surface area contributed by atoms with E-state index in [2.05, 4.69) is 28.1 Å². The van der Waals surface area contributed by atoms with Crippen LogP contribution in [0.5, 0.6) is 0 Å². The third kappa shape index (κ3) is 3.21. The van der Waals surface area contributed by atoms with Crippen molar-refractivity contribution in [3.8, 4) is 0 Å². The van der Waals surface area contributed by atoms with Crippen LogP contribution in [0.25, 0.3) is 0 Å². The van der Waals surface area contributed by atoms with Crippen LogP contribution in [0.4, 0.5) is 0 Å². The fourth-order valence-corrected chi connectivity index (χ4v) is 1.81. The van der Waals surface area contributed by atoms with Crippen molar-refractivity contribution in [2.75, 3.05) is 34.3 Å². The molecular weight excluding hydrogens is 138 g/mol. The summed E-state index contributed by atoms with van der Waals surface area (Å²) in [5.74, 6) is 0.782. The van der Waals surface area contributed by atoms with Gasteiger partial charge in [0.25, 0.3) is 0 Å². The van der Waals surface area contributed by atoms with E-state index >= 15 is 0 Å². The molecule has 0 saturated carbocycles. The highest BCUT2D eigenvalue weighted by molar-refractivity contribution is 4.69. The molecule has 0 N–H and O–H groups in total. The molecule has 0 aromatic rings. The summed E-state index contributed by atoms with van der Waals surface area (Å²) in [5, 5.41) is 0. The molecule has 66 valence electrons. The molecule has 2 heteroatoms. The van der Waals surface area contributed by atoms with Crippen molar-refractivity contribution in [2.45, 2.75) is 19.4 Å². The molecule has 0 spiro atoms. The van der Waals surface area contributed by atoms with Crippen molar-refractivity contribution in [2.24, 2.45) is 5.92 Å². The van der Waals surface area contributed by atoms with Gasteiger partial charge in [-0.25, -0.2) is 0 Å². The van der Waals surface area contributed by atoms with Gasteiger partial charge in [-0.05, 0) is 13.3 Å². The van der Waals surface area contributed by atoms with Crippen molar-refractivity contribution in [3.63, 3.8) is 0 Å². The Bertz CT molecular complexity index is 128. The van der Waals surface area contributed by atoms with Gasteiger partial charge in [0.05, 0.1) is 40.4 Å². The lowest BCUT2D eigenvalue weighted by atomic mass is 10.1. The molecule has 0 radical (unpaired) electrons. The largest absolute Gasteiger partial charge is 0.378 e. The van der Waals surface area contributed by atoms with Crippen molar-refractivity contribution < 1.29 is 9.22 Å². The zero-order chi connectivity index (χ0) is 8.48. The van der Waals surface area contributed by atoms with E-state index in [0.717, 1.165) is 17.0 Å².